The molecule has 1 unspecified atom stereocenters. The summed E-state index contributed by atoms with van der Waals surface area (Å²) in [6, 6.07) is 15.8. The lowest BCUT2D eigenvalue weighted by Gasteiger charge is -2.22. The lowest BCUT2D eigenvalue weighted by Crippen LogP contribution is -2.05. The van der Waals surface area contributed by atoms with Crippen molar-refractivity contribution in [3.63, 3.8) is 0 Å². The maximum atomic E-state index is 15.1. The second-order valence-corrected chi connectivity index (χ2v) is 10.1. The van der Waals surface area contributed by atoms with Crippen molar-refractivity contribution in [1.29, 1.82) is 0 Å². The summed E-state index contributed by atoms with van der Waals surface area (Å²) in [5.74, 6) is -1.14. The smallest absolute Gasteiger partial charge is 0.166 e. The first-order valence-corrected chi connectivity index (χ1v) is 13.7. The van der Waals surface area contributed by atoms with Gasteiger partial charge in [-0.1, -0.05) is 86.5 Å². The van der Waals surface area contributed by atoms with Crippen molar-refractivity contribution >= 4 is 5.57 Å². The van der Waals surface area contributed by atoms with Gasteiger partial charge in [0.15, 0.2) is 11.6 Å². The highest BCUT2D eigenvalue weighted by atomic mass is 19.2. The minimum atomic E-state index is -0.817. The van der Waals surface area contributed by atoms with Crippen molar-refractivity contribution in [3.8, 4) is 22.3 Å². The number of halogens is 3. The predicted molar refractivity (Wildman–Crippen MR) is 150 cm³/mol. The molecule has 4 rings (SSSR count). The summed E-state index contributed by atoms with van der Waals surface area (Å²) in [5, 5.41) is 0. The Morgan fingerprint density at radius 2 is 1.54 bits per heavy atom. The molecule has 0 bridgehead atoms. The molecule has 0 heterocycles. The van der Waals surface area contributed by atoms with Crippen LogP contribution in [-0.2, 0) is 6.42 Å². The molecular formula is C34H37F3. The third kappa shape index (κ3) is 6.63. The van der Waals surface area contributed by atoms with E-state index >= 15 is 4.39 Å². The van der Waals surface area contributed by atoms with E-state index in [1.54, 1.807) is 42.5 Å². The molecule has 3 heteroatoms. The number of unbranched alkanes of at least 4 members (excludes halogenated alkanes) is 2. The first-order chi connectivity index (χ1) is 18.0. The van der Waals surface area contributed by atoms with Crippen LogP contribution in [0.4, 0.5) is 13.2 Å². The molecule has 0 aromatic heterocycles. The normalized spacial score (nSPS) is 15.8. The van der Waals surface area contributed by atoms with Crippen LogP contribution in [0.1, 0.15) is 76.3 Å². The summed E-state index contributed by atoms with van der Waals surface area (Å²) in [6.07, 6.45) is 15.5. The Labute approximate surface area is 219 Å². The third-order valence-electron chi connectivity index (χ3n) is 7.56. The van der Waals surface area contributed by atoms with Crippen molar-refractivity contribution in [3.05, 3.63) is 101 Å². The van der Waals surface area contributed by atoms with Gasteiger partial charge in [0, 0.05) is 11.1 Å². The van der Waals surface area contributed by atoms with E-state index in [-0.39, 0.29) is 11.4 Å². The third-order valence-corrected chi connectivity index (χ3v) is 7.56. The fourth-order valence-corrected chi connectivity index (χ4v) is 5.26. The van der Waals surface area contributed by atoms with Crippen molar-refractivity contribution in [2.45, 2.75) is 71.6 Å². The van der Waals surface area contributed by atoms with E-state index < -0.39 is 11.6 Å². The molecule has 0 N–H and O–H groups in total. The highest BCUT2D eigenvalue weighted by Gasteiger charge is 2.17. The molecule has 0 spiro atoms. The molecule has 1 atom stereocenters. The molecule has 37 heavy (non-hydrogen) atoms. The minimum absolute atomic E-state index is 0.229. The van der Waals surface area contributed by atoms with Crippen LogP contribution >= 0.6 is 0 Å². The largest absolute Gasteiger partial charge is 0.206 e. The number of aryl methyl sites for hydroxylation is 1. The quantitative estimate of drug-likeness (QED) is 0.191. The number of benzene rings is 3. The molecule has 0 saturated heterocycles. The van der Waals surface area contributed by atoms with Crippen LogP contribution in [0, 0.1) is 23.4 Å². The van der Waals surface area contributed by atoms with Gasteiger partial charge in [0.25, 0.3) is 0 Å². The topological polar surface area (TPSA) is 0 Å². The van der Waals surface area contributed by atoms with Crippen LogP contribution < -0.4 is 0 Å². The van der Waals surface area contributed by atoms with Gasteiger partial charge in [0.05, 0.1) is 0 Å². The second-order valence-electron chi connectivity index (χ2n) is 10.1. The van der Waals surface area contributed by atoms with Gasteiger partial charge in [-0.25, -0.2) is 13.2 Å². The summed E-state index contributed by atoms with van der Waals surface area (Å²) >= 11 is 0. The van der Waals surface area contributed by atoms with Gasteiger partial charge in [-0.15, -0.1) is 0 Å². The minimum Gasteiger partial charge on any atom is -0.206 e. The van der Waals surface area contributed by atoms with E-state index in [0.717, 1.165) is 50.5 Å². The van der Waals surface area contributed by atoms with Crippen LogP contribution in [0.3, 0.4) is 0 Å². The van der Waals surface area contributed by atoms with Crippen molar-refractivity contribution < 1.29 is 13.2 Å². The van der Waals surface area contributed by atoms with E-state index in [1.807, 2.05) is 12.1 Å². The van der Waals surface area contributed by atoms with Gasteiger partial charge < -0.3 is 0 Å². The Bertz CT molecular complexity index is 1250. The Morgan fingerprint density at radius 3 is 2.19 bits per heavy atom. The summed E-state index contributed by atoms with van der Waals surface area (Å²) in [4.78, 5) is 0. The Hall–Kier alpha value is -3.07. The van der Waals surface area contributed by atoms with Gasteiger partial charge in [-0.05, 0) is 91.7 Å². The fourth-order valence-electron chi connectivity index (χ4n) is 5.26. The van der Waals surface area contributed by atoms with Crippen LogP contribution in [0.2, 0.25) is 0 Å². The Balaban J connectivity index is 1.47. The van der Waals surface area contributed by atoms with Crippen molar-refractivity contribution in [2.75, 3.05) is 0 Å². The monoisotopic (exact) mass is 502 g/mol. The lowest BCUT2D eigenvalue weighted by atomic mass is 9.84. The van der Waals surface area contributed by atoms with Crippen molar-refractivity contribution in [1.82, 2.24) is 0 Å². The van der Waals surface area contributed by atoms with E-state index in [1.165, 1.54) is 12.0 Å². The molecule has 194 valence electrons. The Kier molecular flexibility index (Phi) is 9.44. The van der Waals surface area contributed by atoms with Gasteiger partial charge in [-0.2, -0.15) is 0 Å². The molecule has 3 aromatic carbocycles. The molecule has 0 radical (unpaired) electrons. The summed E-state index contributed by atoms with van der Waals surface area (Å²) < 4.78 is 44.6. The van der Waals surface area contributed by atoms with Crippen LogP contribution in [0.5, 0.6) is 0 Å². The molecule has 1 aliphatic carbocycles. The molecule has 0 fully saturated rings. The van der Waals surface area contributed by atoms with Gasteiger partial charge in [0.1, 0.15) is 5.82 Å². The van der Waals surface area contributed by atoms with Gasteiger partial charge >= 0.3 is 0 Å². The average molecular weight is 503 g/mol. The van der Waals surface area contributed by atoms with E-state index in [0.29, 0.717) is 34.6 Å². The SMILES string of the molecule is C/C=C/CCC1CC=C(c2ccc(-c3ccc(-c4ccc(CCCCC)c(F)c4F)cc3)c(F)c2)CC1. The van der Waals surface area contributed by atoms with Gasteiger partial charge in [0.2, 0.25) is 0 Å². The van der Waals surface area contributed by atoms with Crippen LogP contribution in [0.25, 0.3) is 27.8 Å². The fraction of sp³-hybridized carbons (Fsp3) is 0.353. The molecule has 1 aliphatic rings. The zero-order chi connectivity index (χ0) is 26.2. The van der Waals surface area contributed by atoms with Crippen molar-refractivity contribution in [2.24, 2.45) is 5.92 Å². The van der Waals surface area contributed by atoms with E-state index in [2.05, 4.69) is 32.1 Å². The summed E-state index contributed by atoms with van der Waals surface area (Å²) in [7, 11) is 0. The first kappa shape index (κ1) is 27.0. The molecule has 0 saturated carbocycles. The van der Waals surface area contributed by atoms with Crippen LogP contribution in [0.15, 0.2) is 72.8 Å². The molecule has 0 aliphatic heterocycles. The summed E-state index contributed by atoms with van der Waals surface area (Å²) in [6.45, 7) is 4.14. The maximum absolute atomic E-state index is 15.1. The Morgan fingerprint density at radius 1 is 0.838 bits per heavy atom. The number of allylic oxidation sites excluding steroid dienone is 4. The highest BCUT2D eigenvalue weighted by Crippen LogP contribution is 2.35. The van der Waals surface area contributed by atoms with E-state index in [9.17, 15) is 8.78 Å². The summed E-state index contributed by atoms with van der Waals surface area (Å²) in [5.41, 5.74) is 4.62. The second kappa shape index (κ2) is 12.9. The zero-order valence-electron chi connectivity index (χ0n) is 22.0. The number of hydrogen-bond acceptors (Lipinski definition) is 0. The lowest BCUT2D eigenvalue weighted by molar-refractivity contribution is 0.454. The van der Waals surface area contributed by atoms with Crippen LogP contribution in [-0.4, -0.2) is 0 Å². The average Bonchev–Trinajstić information content (AvgIpc) is 2.92. The highest BCUT2D eigenvalue weighted by molar-refractivity contribution is 5.74. The molecular weight excluding hydrogens is 465 g/mol. The number of rotatable bonds is 10. The van der Waals surface area contributed by atoms with E-state index in [4.69, 9.17) is 0 Å². The molecule has 3 aromatic rings. The first-order valence-electron chi connectivity index (χ1n) is 13.7. The predicted octanol–water partition coefficient (Wildman–Crippen LogP) is 10.7. The standard InChI is InChI=1S/C34H37F3/c1-3-5-7-9-24-11-13-25(14-12-24)29-20-21-30(32(35)23-29)26-15-17-27(18-16-26)31-22-19-28(10-8-6-4-2)33(36)34(31)37/h3,5,13,15-24H,4,6-12,14H2,1-2H3/b5-3+. The van der Waals surface area contributed by atoms with Gasteiger partial charge in [-0.3, -0.25) is 0 Å². The molecule has 0 amide bonds. The maximum Gasteiger partial charge on any atom is 0.166 e. The number of hydrogen-bond donors (Lipinski definition) is 0. The molecule has 0 nitrogen and oxygen atoms in total. The zero-order valence-corrected chi connectivity index (χ0v) is 22.0.